The quantitative estimate of drug-likeness (QED) is 0.256. The molecule has 1 fully saturated rings. The molecule has 172 valence electrons. The third kappa shape index (κ3) is 8.38. The Morgan fingerprint density at radius 1 is 0.750 bits per heavy atom. The predicted molar refractivity (Wildman–Crippen MR) is 137 cm³/mol. The molecular weight excluding hydrogens is 388 g/mol. The highest BCUT2D eigenvalue weighted by Gasteiger charge is 2.21. The lowest BCUT2D eigenvalue weighted by Gasteiger charge is -2.26. The van der Waals surface area contributed by atoms with Gasteiger partial charge in [0.15, 0.2) is 0 Å². The lowest BCUT2D eigenvalue weighted by Crippen LogP contribution is -2.12. The van der Waals surface area contributed by atoms with Crippen molar-refractivity contribution < 1.29 is 4.74 Å². The molecule has 0 heterocycles. The molecule has 2 aromatic rings. The third-order valence-corrected chi connectivity index (χ3v) is 6.79. The average Bonchev–Trinajstić information content (AvgIpc) is 2.85. The SMILES string of the molecule is CCCCCCCOc1ccc([C@H]2CC[C@H](C#Cc3ccc(CCCC)cc3)CC2)cc1. The van der Waals surface area contributed by atoms with Gasteiger partial charge in [-0.1, -0.05) is 82.1 Å². The Hall–Kier alpha value is -2.20. The van der Waals surface area contributed by atoms with Crippen molar-refractivity contribution in [3.63, 3.8) is 0 Å². The first-order valence-corrected chi connectivity index (χ1v) is 13.1. The molecule has 3 rings (SSSR count). The van der Waals surface area contributed by atoms with Gasteiger partial charge in [-0.2, -0.15) is 0 Å². The lowest BCUT2D eigenvalue weighted by molar-refractivity contribution is 0.304. The highest BCUT2D eigenvalue weighted by molar-refractivity contribution is 5.37. The first-order chi connectivity index (χ1) is 15.8. The molecule has 0 bridgehead atoms. The summed E-state index contributed by atoms with van der Waals surface area (Å²) in [6.07, 6.45) is 15.0. The fourth-order valence-electron chi connectivity index (χ4n) is 4.62. The van der Waals surface area contributed by atoms with Gasteiger partial charge in [-0.05, 0) is 86.3 Å². The normalized spacial score (nSPS) is 18.1. The maximum atomic E-state index is 5.93. The first-order valence-electron chi connectivity index (χ1n) is 13.1. The molecule has 0 spiro atoms. The van der Waals surface area contributed by atoms with Crippen LogP contribution in [-0.4, -0.2) is 6.61 Å². The topological polar surface area (TPSA) is 9.23 Å². The Morgan fingerprint density at radius 2 is 1.44 bits per heavy atom. The number of hydrogen-bond acceptors (Lipinski definition) is 1. The van der Waals surface area contributed by atoms with Crippen molar-refractivity contribution in [2.75, 3.05) is 6.61 Å². The molecule has 1 aliphatic carbocycles. The van der Waals surface area contributed by atoms with Gasteiger partial charge in [0.1, 0.15) is 5.75 Å². The van der Waals surface area contributed by atoms with E-state index in [1.807, 2.05) is 0 Å². The van der Waals surface area contributed by atoms with Crippen LogP contribution in [0.25, 0.3) is 0 Å². The smallest absolute Gasteiger partial charge is 0.119 e. The maximum Gasteiger partial charge on any atom is 0.119 e. The van der Waals surface area contributed by atoms with Crippen molar-refractivity contribution in [3.05, 3.63) is 65.2 Å². The van der Waals surface area contributed by atoms with Gasteiger partial charge in [-0.3, -0.25) is 0 Å². The van der Waals surface area contributed by atoms with Crippen LogP contribution in [0.2, 0.25) is 0 Å². The first kappa shape index (κ1) is 24.4. The molecule has 0 aromatic heterocycles. The highest BCUT2D eigenvalue weighted by Crippen LogP contribution is 2.36. The van der Waals surface area contributed by atoms with Gasteiger partial charge in [-0.15, -0.1) is 0 Å². The van der Waals surface area contributed by atoms with E-state index in [9.17, 15) is 0 Å². The summed E-state index contributed by atoms with van der Waals surface area (Å²) in [6, 6.07) is 17.8. The van der Waals surface area contributed by atoms with Gasteiger partial charge < -0.3 is 4.74 Å². The highest BCUT2D eigenvalue weighted by atomic mass is 16.5. The van der Waals surface area contributed by atoms with Crippen molar-refractivity contribution in [3.8, 4) is 17.6 Å². The summed E-state index contributed by atoms with van der Waals surface area (Å²) in [7, 11) is 0. The molecule has 0 saturated heterocycles. The number of unbranched alkanes of at least 4 members (excludes halogenated alkanes) is 5. The van der Waals surface area contributed by atoms with E-state index < -0.39 is 0 Å². The maximum absolute atomic E-state index is 5.93. The van der Waals surface area contributed by atoms with Crippen LogP contribution in [0.5, 0.6) is 5.75 Å². The molecule has 0 radical (unpaired) electrons. The van der Waals surface area contributed by atoms with Crippen molar-refractivity contribution in [2.24, 2.45) is 5.92 Å². The zero-order chi connectivity index (χ0) is 22.4. The zero-order valence-corrected chi connectivity index (χ0v) is 20.4. The number of rotatable bonds is 11. The number of ether oxygens (including phenoxy) is 1. The Kier molecular flexibility index (Phi) is 10.7. The lowest BCUT2D eigenvalue weighted by atomic mass is 9.79. The van der Waals surface area contributed by atoms with Crippen LogP contribution in [0, 0.1) is 17.8 Å². The van der Waals surface area contributed by atoms with Crippen molar-refractivity contribution >= 4 is 0 Å². The van der Waals surface area contributed by atoms with Gasteiger partial charge in [0.2, 0.25) is 0 Å². The van der Waals surface area contributed by atoms with Crippen LogP contribution in [-0.2, 0) is 6.42 Å². The Morgan fingerprint density at radius 3 is 2.12 bits per heavy atom. The van der Waals surface area contributed by atoms with Crippen LogP contribution < -0.4 is 4.74 Å². The van der Waals surface area contributed by atoms with E-state index in [1.165, 1.54) is 81.8 Å². The molecule has 0 atom stereocenters. The van der Waals surface area contributed by atoms with Gasteiger partial charge in [0.05, 0.1) is 6.61 Å². The Bertz CT molecular complexity index is 814. The summed E-state index contributed by atoms with van der Waals surface area (Å²) >= 11 is 0. The Labute approximate surface area is 197 Å². The van der Waals surface area contributed by atoms with Gasteiger partial charge >= 0.3 is 0 Å². The van der Waals surface area contributed by atoms with E-state index in [1.54, 1.807) is 0 Å². The average molecular weight is 431 g/mol. The number of benzene rings is 2. The summed E-state index contributed by atoms with van der Waals surface area (Å²) in [4.78, 5) is 0. The molecule has 0 unspecified atom stereocenters. The molecular formula is C31H42O. The predicted octanol–water partition coefficient (Wildman–Crippen LogP) is 8.70. The van der Waals surface area contributed by atoms with Gasteiger partial charge in [-0.25, -0.2) is 0 Å². The molecule has 1 saturated carbocycles. The van der Waals surface area contributed by atoms with Crippen LogP contribution >= 0.6 is 0 Å². The summed E-state index contributed by atoms with van der Waals surface area (Å²) < 4.78 is 5.93. The second-order valence-electron chi connectivity index (χ2n) is 9.45. The van der Waals surface area contributed by atoms with Gasteiger partial charge in [0.25, 0.3) is 0 Å². The van der Waals surface area contributed by atoms with E-state index in [0.717, 1.165) is 24.3 Å². The molecule has 32 heavy (non-hydrogen) atoms. The molecule has 0 amide bonds. The van der Waals surface area contributed by atoms with Crippen LogP contribution in [0.1, 0.15) is 107 Å². The molecule has 2 aromatic carbocycles. The van der Waals surface area contributed by atoms with Crippen molar-refractivity contribution in [1.29, 1.82) is 0 Å². The fourth-order valence-corrected chi connectivity index (χ4v) is 4.62. The van der Waals surface area contributed by atoms with Crippen LogP contribution in [0.4, 0.5) is 0 Å². The van der Waals surface area contributed by atoms with Crippen molar-refractivity contribution in [2.45, 2.75) is 96.8 Å². The molecule has 0 aliphatic heterocycles. The standard InChI is InChI=1S/C31H42O/c1-3-5-7-8-9-25-32-31-23-21-30(22-24-31)29-19-17-28(18-20-29)16-15-27-13-11-26(12-14-27)10-6-4-2/h11-14,21-24,28-29H,3-10,17-20,25H2,1-2H3/t28-,29-. The van der Waals surface area contributed by atoms with E-state index in [-0.39, 0.29) is 0 Å². The Balaban J connectivity index is 1.39. The third-order valence-electron chi connectivity index (χ3n) is 6.79. The van der Waals surface area contributed by atoms with E-state index >= 15 is 0 Å². The second kappa shape index (κ2) is 14.1. The number of hydrogen-bond donors (Lipinski definition) is 0. The monoisotopic (exact) mass is 430 g/mol. The second-order valence-corrected chi connectivity index (χ2v) is 9.45. The summed E-state index contributed by atoms with van der Waals surface area (Å²) in [5.41, 5.74) is 4.06. The number of aryl methyl sites for hydroxylation is 1. The zero-order valence-electron chi connectivity index (χ0n) is 20.4. The van der Waals surface area contributed by atoms with E-state index in [4.69, 9.17) is 4.74 Å². The molecule has 1 nitrogen and oxygen atoms in total. The minimum Gasteiger partial charge on any atom is -0.494 e. The van der Waals surface area contributed by atoms with Crippen molar-refractivity contribution in [1.82, 2.24) is 0 Å². The molecule has 1 aliphatic rings. The summed E-state index contributed by atoms with van der Waals surface area (Å²) in [6.45, 7) is 5.34. The van der Waals surface area contributed by atoms with E-state index in [0.29, 0.717) is 11.8 Å². The minimum atomic E-state index is 0.543. The largest absolute Gasteiger partial charge is 0.494 e. The summed E-state index contributed by atoms with van der Waals surface area (Å²) in [5.74, 6) is 9.22. The molecule has 1 heteroatoms. The van der Waals surface area contributed by atoms with Gasteiger partial charge in [0, 0.05) is 11.5 Å². The van der Waals surface area contributed by atoms with Crippen LogP contribution in [0.15, 0.2) is 48.5 Å². The minimum absolute atomic E-state index is 0.543. The fraction of sp³-hybridized carbons (Fsp3) is 0.548. The molecule has 0 N–H and O–H groups in total. The van der Waals surface area contributed by atoms with E-state index in [2.05, 4.69) is 74.2 Å². The summed E-state index contributed by atoms with van der Waals surface area (Å²) in [5, 5.41) is 0. The van der Waals surface area contributed by atoms with Crippen LogP contribution in [0.3, 0.4) is 0 Å².